The van der Waals surface area contributed by atoms with E-state index in [2.05, 4.69) is 65.5 Å². The summed E-state index contributed by atoms with van der Waals surface area (Å²) in [6, 6.07) is 31.1. The van der Waals surface area contributed by atoms with Gasteiger partial charge in [-0.2, -0.15) is 0 Å². The smallest absolute Gasteiger partial charge is 0.379 e. The second-order valence-corrected chi connectivity index (χ2v) is 11.2. The molecule has 0 N–H and O–H groups in total. The van der Waals surface area contributed by atoms with Gasteiger partial charge in [0.1, 0.15) is 12.6 Å². The molecule has 4 aromatic carbocycles. The predicted molar refractivity (Wildman–Crippen MR) is 128 cm³/mol. The van der Waals surface area contributed by atoms with E-state index in [-0.39, 0.29) is 6.57 Å². The lowest BCUT2D eigenvalue weighted by Crippen LogP contribution is -2.47. The molecule has 0 amide bonds. The Bertz CT molecular complexity index is 1650. The number of furan rings is 1. The molecule has 5 heteroatoms. The van der Waals surface area contributed by atoms with Gasteiger partial charge < -0.3 is 13.8 Å². The molecule has 1 unspecified atom stereocenters. The highest BCUT2D eigenvalue weighted by atomic mass is 31.2. The van der Waals surface area contributed by atoms with Crippen LogP contribution in [0.15, 0.2) is 95.4 Å². The Morgan fingerprint density at radius 2 is 1.48 bits per heavy atom. The number of hydrogen-bond acceptors (Lipinski definition) is 3. The van der Waals surface area contributed by atoms with Crippen LogP contribution in [0.4, 0.5) is 11.6 Å². The topological polar surface area (TPSA) is 33.5 Å². The fourth-order valence-corrected chi connectivity index (χ4v) is 9.78. The molecule has 0 radical (unpaired) electrons. The fraction of sp³-hybridized carbons (Fsp3) is 0. The zero-order chi connectivity index (χ0) is 20.3. The van der Waals surface area contributed by atoms with E-state index < -0.39 is 7.02 Å². The first-order valence-electron chi connectivity index (χ1n) is 10.5. The van der Waals surface area contributed by atoms with Crippen molar-refractivity contribution in [3.05, 3.63) is 91.0 Å². The van der Waals surface area contributed by atoms with E-state index in [1.54, 1.807) is 0 Å². The first kappa shape index (κ1) is 16.2. The normalized spacial score (nSPS) is 19.1. The molecule has 0 saturated carbocycles. The molecule has 0 bridgehead atoms. The van der Waals surface area contributed by atoms with Crippen molar-refractivity contribution >= 4 is 52.2 Å². The van der Waals surface area contributed by atoms with Gasteiger partial charge in [-0.05, 0) is 34.3 Å². The molecule has 144 valence electrons. The van der Waals surface area contributed by atoms with Gasteiger partial charge >= 0.3 is 6.57 Å². The van der Waals surface area contributed by atoms with Gasteiger partial charge in [-0.25, -0.2) is 0 Å². The Kier molecular flexibility index (Phi) is 2.73. The first-order chi connectivity index (χ1) is 15.3. The Hall–Kier alpha value is -3.49. The number of para-hydroxylation sites is 1. The van der Waals surface area contributed by atoms with E-state index >= 15 is 4.57 Å². The van der Waals surface area contributed by atoms with Crippen molar-refractivity contribution in [1.82, 2.24) is 0 Å². The maximum absolute atomic E-state index is 15.1. The van der Waals surface area contributed by atoms with Gasteiger partial charge in [-0.3, -0.25) is 0 Å². The second kappa shape index (κ2) is 5.22. The number of nitrogens with zero attached hydrogens (tertiary/aromatic N) is 1. The molecule has 3 aliphatic heterocycles. The van der Waals surface area contributed by atoms with E-state index in [1.807, 2.05) is 30.3 Å². The standard InChI is InChI=1S/C26H15BNO2P/c29-31-23-15-6-3-8-16(23)17-11-7-13-21(25(17)31)28-26-24(19-10-2-5-14-22(19)30-26)18-9-1-4-12-20(18)27(28)31/h1-15H. The fourth-order valence-electron chi connectivity index (χ4n) is 5.92. The molecular formula is C26H15BNO2P. The summed E-state index contributed by atoms with van der Waals surface area (Å²) >= 11 is 0. The highest BCUT2D eigenvalue weighted by molar-refractivity contribution is 8.09. The third kappa shape index (κ3) is 1.68. The lowest BCUT2D eigenvalue weighted by molar-refractivity contribution is 0.595. The van der Waals surface area contributed by atoms with Crippen LogP contribution in [0.25, 0.3) is 33.2 Å². The minimum absolute atomic E-state index is 0.281. The molecule has 8 rings (SSSR count). The lowest BCUT2D eigenvalue weighted by atomic mass is 9.70. The van der Waals surface area contributed by atoms with Crippen LogP contribution in [0, 0.1) is 0 Å². The molecule has 3 nitrogen and oxygen atoms in total. The van der Waals surface area contributed by atoms with Crippen LogP contribution in [0.3, 0.4) is 0 Å². The molecule has 4 heterocycles. The van der Waals surface area contributed by atoms with Crippen molar-refractivity contribution < 1.29 is 8.98 Å². The summed E-state index contributed by atoms with van der Waals surface area (Å²) in [5.74, 6) is 0.806. The van der Waals surface area contributed by atoms with E-state index in [1.165, 1.54) is 0 Å². The van der Waals surface area contributed by atoms with E-state index in [4.69, 9.17) is 4.42 Å². The van der Waals surface area contributed by atoms with E-state index in [0.29, 0.717) is 0 Å². The number of anilines is 2. The summed E-state index contributed by atoms with van der Waals surface area (Å²) in [5, 5.41) is 3.06. The zero-order valence-corrected chi connectivity index (χ0v) is 17.3. The quantitative estimate of drug-likeness (QED) is 0.256. The minimum Gasteiger partial charge on any atom is -0.441 e. The van der Waals surface area contributed by atoms with Crippen molar-refractivity contribution in [3.8, 4) is 22.3 Å². The van der Waals surface area contributed by atoms with Gasteiger partial charge in [-0.15, -0.1) is 0 Å². The van der Waals surface area contributed by atoms with Gasteiger partial charge in [0.2, 0.25) is 0 Å². The van der Waals surface area contributed by atoms with Crippen molar-refractivity contribution in [1.29, 1.82) is 0 Å². The van der Waals surface area contributed by atoms with Gasteiger partial charge in [-0.1, -0.05) is 78.9 Å². The van der Waals surface area contributed by atoms with Crippen LogP contribution < -0.4 is 20.9 Å². The molecule has 1 atom stereocenters. The first-order valence-corrected chi connectivity index (χ1v) is 12.3. The molecule has 0 spiro atoms. The predicted octanol–water partition coefficient (Wildman–Crippen LogP) is 5.25. The molecule has 1 aromatic heterocycles. The van der Waals surface area contributed by atoms with Gasteiger partial charge in [0.15, 0.2) is 5.88 Å². The van der Waals surface area contributed by atoms with Crippen molar-refractivity contribution in [2.75, 3.05) is 4.81 Å². The number of rotatable bonds is 0. The van der Waals surface area contributed by atoms with Crippen LogP contribution in [-0.2, 0) is 4.57 Å². The summed E-state index contributed by atoms with van der Waals surface area (Å²) < 4.78 is 21.6. The van der Waals surface area contributed by atoms with Crippen molar-refractivity contribution in [2.45, 2.75) is 0 Å². The summed E-state index contributed by atoms with van der Waals surface area (Å²) in [6.45, 7) is -0.281. The average molecular weight is 415 g/mol. The Labute approximate surface area is 179 Å². The SMILES string of the molecule is O=P12B3c4ccccc4-c4c(oc5ccccc45)N3c3cccc(c31)-c1ccccc12. The Morgan fingerprint density at radius 3 is 2.42 bits per heavy atom. The van der Waals surface area contributed by atoms with E-state index in [0.717, 1.165) is 60.9 Å². The highest BCUT2D eigenvalue weighted by Gasteiger charge is 2.61. The Morgan fingerprint density at radius 1 is 0.742 bits per heavy atom. The third-order valence-corrected chi connectivity index (χ3v) is 10.5. The van der Waals surface area contributed by atoms with Crippen LogP contribution in [0.2, 0.25) is 0 Å². The van der Waals surface area contributed by atoms with Crippen LogP contribution >= 0.6 is 7.02 Å². The highest BCUT2D eigenvalue weighted by Crippen LogP contribution is 2.66. The number of fused-ring (bicyclic) bond motifs is 13. The second-order valence-electron chi connectivity index (χ2n) is 8.46. The third-order valence-electron chi connectivity index (χ3n) is 7.05. The Balaban J connectivity index is 1.58. The number of benzene rings is 4. The largest absolute Gasteiger partial charge is 0.441 e. The molecule has 3 aliphatic rings. The van der Waals surface area contributed by atoms with Crippen LogP contribution in [0.5, 0.6) is 0 Å². The lowest BCUT2D eigenvalue weighted by Gasteiger charge is -2.32. The minimum atomic E-state index is -2.94. The van der Waals surface area contributed by atoms with Crippen LogP contribution in [-0.4, -0.2) is 6.57 Å². The van der Waals surface area contributed by atoms with Gasteiger partial charge in [0, 0.05) is 21.7 Å². The molecule has 0 saturated heterocycles. The van der Waals surface area contributed by atoms with Gasteiger partial charge in [0.05, 0.1) is 5.56 Å². The monoisotopic (exact) mass is 415 g/mol. The van der Waals surface area contributed by atoms with Crippen molar-refractivity contribution in [2.24, 2.45) is 0 Å². The molecule has 0 fully saturated rings. The summed E-state index contributed by atoms with van der Waals surface area (Å²) in [6.07, 6.45) is 0. The zero-order valence-electron chi connectivity index (χ0n) is 16.4. The van der Waals surface area contributed by atoms with E-state index in [9.17, 15) is 0 Å². The summed E-state index contributed by atoms with van der Waals surface area (Å²) in [5.41, 5.74) is 7.41. The average Bonchev–Trinajstić information content (AvgIpc) is 3.42. The van der Waals surface area contributed by atoms with Crippen LogP contribution in [0.1, 0.15) is 0 Å². The van der Waals surface area contributed by atoms with Gasteiger partial charge in [0.25, 0.3) is 0 Å². The summed E-state index contributed by atoms with van der Waals surface area (Å²) in [7, 11) is -2.94. The molecule has 0 aliphatic carbocycles. The maximum Gasteiger partial charge on any atom is 0.379 e. The summed E-state index contributed by atoms with van der Waals surface area (Å²) in [4.78, 5) is 2.22. The molecule has 31 heavy (non-hydrogen) atoms. The molecular weight excluding hydrogens is 400 g/mol. The maximum atomic E-state index is 15.1. The van der Waals surface area contributed by atoms with Crippen molar-refractivity contribution in [3.63, 3.8) is 0 Å². The number of hydrogen-bond donors (Lipinski definition) is 0. The molecule has 5 aromatic rings.